The Balaban J connectivity index is 2.97. The maximum Gasteiger partial charge on any atom is 0.130 e. The van der Waals surface area contributed by atoms with Gasteiger partial charge in [-0.25, -0.2) is 4.98 Å². The molecule has 1 aromatic heterocycles. The molecule has 1 aromatic rings. The van der Waals surface area contributed by atoms with Crippen LogP contribution in [0.1, 0.15) is 24.6 Å². The number of halogens is 1. The standard InChI is InChI=1S/C10H12ClN/c1-3-5-8-6-9(4-2)12-10(11)7-8/h4,6-7H,2-3,5H2,1H3. The lowest BCUT2D eigenvalue weighted by molar-refractivity contribution is 0.917. The van der Waals surface area contributed by atoms with E-state index < -0.39 is 0 Å². The van der Waals surface area contributed by atoms with Gasteiger partial charge in [0.05, 0.1) is 5.69 Å². The molecule has 0 bridgehead atoms. The molecule has 0 saturated heterocycles. The topological polar surface area (TPSA) is 12.9 Å². The van der Waals surface area contributed by atoms with E-state index in [0.717, 1.165) is 18.5 Å². The van der Waals surface area contributed by atoms with Crippen LogP contribution in [-0.2, 0) is 6.42 Å². The van der Waals surface area contributed by atoms with E-state index in [4.69, 9.17) is 11.6 Å². The summed E-state index contributed by atoms with van der Waals surface area (Å²) in [4.78, 5) is 4.08. The molecule has 0 spiro atoms. The number of hydrogen-bond donors (Lipinski definition) is 0. The Morgan fingerprint density at radius 3 is 2.92 bits per heavy atom. The Morgan fingerprint density at radius 1 is 1.58 bits per heavy atom. The molecule has 0 atom stereocenters. The van der Waals surface area contributed by atoms with Gasteiger partial charge in [-0.3, -0.25) is 0 Å². The molecule has 0 aliphatic heterocycles. The van der Waals surface area contributed by atoms with E-state index in [1.54, 1.807) is 6.08 Å². The van der Waals surface area contributed by atoms with Crippen LogP contribution in [0, 0.1) is 0 Å². The van der Waals surface area contributed by atoms with Crippen molar-refractivity contribution in [2.24, 2.45) is 0 Å². The number of aryl methyl sites for hydroxylation is 1. The Bertz CT molecular complexity index is 281. The van der Waals surface area contributed by atoms with Gasteiger partial charge in [-0.15, -0.1) is 0 Å². The highest BCUT2D eigenvalue weighted by Gasteiger charge is 1.97. The summed E-state index contributed by atoms with van der Waals surface area (Å²) in [5, 5.41) is 0.552. The lowest BCUT2D eigenvalue weighted by Crippen LogP contribution is -1.88. The van der Waals surface area contributed by atoms with Gasteiger partial charge in [-0.2, -0.15) is 0 Å². The Hall–Kier alpha value is -0.820. The molecule has 0 radical (unpaired) electrons. The quantitative estimate of drug-likeness (QED) is 0.652. The maximum absolute atomic E-state index is 5.81. The number of hydrogen-bond acceptors (Lipinski definition) is 1. The molecule has 0 aromatic carbocycles. The van der Waals surface area contributed by atoms with Crippen LogP contribution >= 0.6 is 11.6 Å². The van der Waals surface area contributed by atoms with E-state index >= 15 is 0 Å². The van der Waals surface area contributed by atoms with E-state index in [-0.39, 0.29) is 0 Å². The van der Waals surface area contributed by atoms with Crippen molar-refractivity contribution in [2.45, 2.75) is 19.8 Å². The molecule has 0 amide bonds. The molecule has 1 rings (SSSR count). The molecular weight excluding hydrogens is 170 g/mol. The van der Waals surface area contributed by atoms with Gasteiger partial charge >= 0.3 is 0 Å². The second kappa shape index (κ2) is 4.27. The van der Waals surface area contributed by atoms with Crippen molar-refractivity contribution < 1.29 is 0 Å². The number of pyridine rings is 1. The molecule has 0 unspecified atom stereocenters. The summed E-state index contributed by atoms with van der Waals surface area (Å²) in [6.45, 7) is 5.79. The number of aromatic nitrogens is 1. The minimum atomic E-state index is 0.552. The van der Waals surface area contributed by atoms with Crippen LogP contribution in [0.15, 0.2) is 18.7 Å². The summed E-state index contributed by atoms with van der Waals surface area (Å²) in [5.74, 6) is 0. The smallest absolute Gasteiger partial charge is 0.130 e. The van der Waals surface area contributed by atoms with Crippen molar-refractivity contribution in [1.29, 1.82) is 0 Å². The van der Waals surface area contributed by atoms with Crippen LogP contribution in [0.2, 0.25) is 5.15 Å². The summed E-state index contributed by atoms with van der Waals surface area (Å²) in [6, 6.07) is 3.92. The summed E-state index contributed by atoms with van der Waals surface area (Å²) >= 11 is 5.81. The van der Waals surface area contributed by atoms with Gasteiger partial charge in [0, 0.05) is 0 Å². The first kappa shape index (κ1) is 9.27. The van der Waals surface area contributed by atoms with Crippen LogP contribution in [0.3, 0.4) is 0 Å². The first-order chi connectivity index (χ1) is 5.76. The maximum atomic E-state index is 5.81. The zero-order valence-corrected chi connectivity index (χ0v) is 7.93. The normalized spacial score (nSPS) is 9.83. The Morgan fingerprint density at radius 2 is 2.33 bits per heavy atom. The second-order valence-corrected chi connectivity index (χ2v) is 3.06. The van der Waals surface area contributed by atoms with Gasteiger partial charge in [-0.05, 0) is 30.2 Å². The molecule has 0 fully saturated rings. The first-order valence-corrected chi connectivity index (χ1v) is 4.43. The van der Waals surface area contributed by atoms with Crippen molar-refractivity contribution in [3.05, 3.63) is 35.1 Å². The fourth-order valence-electron chi connectivity index (χ4n) is 1.11. The van der Waals surface area contributed by atoms with E-state index in [1.807, 2.05) is 12.1 Å². The van der Waals surface area contributed by atoms with Gasteiger partial charge in [0.1, 0.15) is 5.15 Å². The Kier molecular flexibility index (Phi) is 3.30. The molecule has 64 valence electrons. The van der Waals surface area contributed by atoms with Crippen molar-refractivity contribution in [1.82, 2.24) is 4.98 Å². The van der Waals surface area contributed by atoms with Gasteiger partial charge in [0.2, 0.25) is 0 Å². The summed E-state index contributed by atoms with van der Waals surface area (Å²) in [6.07, 6.45) is 3.88. The summed E-state index contributed by atoms with van der Waals surface area (Å²) in [5.41, 5.74) is 2.08. The van der Waals surface area contributed by atoms with Crippen LogP contribution in [0.4, 0.5) is 0 Å². The average Bonchev–Trinajstić information content (AvgIpc) is 2.04. The fraction of sp³-hybridized carbons (Fsp3) is 0.300. The molecule has 0 saturated carbocycles. The highest BCUT2D eigenvalue weighted by atomic mass is 35.5. The Labute approximate surface area is 78.1 Å². The van der Waals surface area contributed by atoms with Gasteiger partial charge in [0.25, 0.3) is 0 Å². The first-order valence-electron chi connectivity index (χ1n) is 4.05. The van der Waals surface area contributed by atoms with Crippen molar-refractivity contribution in [2.75, 3.05) is 0 Å². The predicted octanol–water partition coefficient (Wildman–Crippen LogP) is 3.33. The molecule has 1 nitrogen and oxygen atoms in total. The lowest BCUT2D eigenvalue weighted by Gasteiger charge is -2.00. The van der Waals surface area contributed by atoms with Crippen molar-refractivity contribution in [3.63, 3.8) is 0 Å². The van der Waals surface area contributed by atoms with E-state index in [0.29, 0.717) is 5.15 Å². The fourth-order valence-corrected chi connectivity index (χ4v) is 1.35. The molecule has 12 heavy (non-hydrogen) atoms. The molecule has 2 heteroatoms. The third kappa shape index (κ3) is 2.35. The minimum absolute atomic E-state index is 0.552. The largest absolute Gasteiger partial charge is 0.237 e. The van der Waals surface area contributed by atoms with E-state index in [9.17, 15) is 0 Å². The average molecular weight is 182 g/mol. The third-order valence-corrected chi connectivity index (χ3v) is 1.82. The zero-order valence-electron chi connectivity index (χ0n) is 7.18. The summed E-state index contributed by atoms with van der Waals surface area (Å²) < 4.78 is 0. The van der Waals surface area contributed by atoms with Crippen LogP contribution in [-0.4, -0.2) is 4.98 Å². The van der Waals surface area contributed by atoms with Gasteiger partial charge < -0.3 is 0 Å². The monoisotopic (exact) mass is 181 g/mol. The predicted molar refractivity (Wildman–Crippen MR) is 53.3 cm³/mol. The SMILES string of the molecule is C=Cc1cc(CCC)cc(Cl)n1. The molecule has 0 aliphatic rings. The van der Waals surface area contributed by atoms with Crippen LogP contribution < -0.4 is 0 Å². The minimum Gasteiger partial charge on any atom is -0.237 e. The van der Waals surface area contributed by atoms with Gasteiger partial charge in [-0.1, -0.05) is 31.5 Å². The third-order valence-electron chi connectivity index (χ3n) is 1.62. The number of rotatable bonds is 3. The molecule has 1 heterocycles. The van der Waals surface area contributed by atoms with Crippen LogP contribution in [0.25, 0.3) is 6.08 Å². The molecule has 0 aliphatic carbocycles. The molecule has 0 N–H and O–H groups in total. The van der Waals surface area contributed by atoms with Gasteiger partial charge in [0.15, 0.2) is 0 Å². The zero-order chi connectivity index (χ0) is 8.97. The lowest BCUT2D eigenvalue weighted by atomic mass is 10.1. The second-order valence-electron chi connectivity index (χ2n) is 2.68. The van der Waals surface area contributed by atoms with E-state index in [1.165, 1.54) is 5.56 Å². The number of nitrogens with zero attached hydrogens (tertiary/aromatic N) is 1. The van der Waals surface area contributed by atoms with Crippen molar-refractivity contribution in [3.8, 4) is 0 Å². The van der Waals surface area contributed by atoms with E-state index in [2.05, 4.69) is 18.5 Å². The summed E-state index contributed by atoms with van der Waals surface area (Å²) in [7, 11) is 0. The highest BCUT2D eigenvalue weighted by molar-refractivity contribution is 6.29. The molecular formula is C10H12ClN. The van der Waals surface area contributed by atoms with Crippen molar-refractivity contribution >= 4 is 17.7 Å². The van der Waals surface area contributed by atoms with Crippen LogP contribution in [0.5, 0.6) is 0 Å². The highest BCUT2D eigenvalue weighted by Crippen LogP contribution is 2.12.